The van der Waals surface area contributed by atoms with E-state index in [1.807, 2.05) is 61.5 Å². The van der Waals surface area contributed by atoms with Crippen molar-refractivity contribution in [3.05, 3.63) is 65.7 Å². The number of hydrogen-bond donors (Lipinski definition) is 0. The lowest BCUT2D eigenvalue weighted by molar-refractivity contribution is -0.120. The summed E-state index contributed by atoms with van der Waals surface area (Å²) >= 11 is 0. The van der Waals surface area contributed by atoms with Crippen LogP contribution in [-0.4, -0.2) is 12.9 Å². The first kappa shape index (κ1) is 13.3. The summed E-state index contributed by atoms with van der Waals surface area (Å²) in [5.41, 5.74) is 1.37. The fourth-order valence-electron chi connectivity index (χ4n) is 2.27. The van der Waals surface area contributed by atoms with Crippen molar-refractivity contribution in [2.24, 2.45) is 0 Å². The standard InChI is InChI=1S/C17H18O2/c1-13(18)17(2,14-7-5-4-6-8-14)15-9-11-16(19-3)12-10-15/h4-12H,1-3H3. The SMILES string of the molecule is COc1ccc(C(C)(C(C)=O)c2ccccc2)cc1. The van der Waals surface area contributed by atoms with Crippen LogP contribution in [0.25, 0.3) is 0 Å². The normalized spacial score (nSPS) is 13.6. The summed E-state index contributed by atoms with van der Waals surface area (Å²) in [6.45, 7) is 3.60. The molecule has 0 fully saturated rings. The molecule has 0 aliphatic heterocycles. The minimum absolute atomic E-state index is 0.129. The number of rotatable bonds is 4. The number of methoxy groups -OCH3 is 1. The minimum Gasteiger partial charge on any atom is -0.497 e. The largest absolute Gasteiger partial charge is 0.497 e. The average Bonchev–Trinajstić information content (AvgIpc) is 2.47. The van der Waals surface area contributed by atoms with Crippen molar-refractivity contribution in [3.8, 4) is 5.75 Å². The maximum Gasteiger partial charge on any atom is 0.144 e. The average molecular weight is 254 g/mol. The lowest BCUT2D eigenvalue weighted by Gasteiger charge is -2.28. The number of hydrogen-bond acceptors (Lipinski definition) is 2. The highest BCUT2D eigenvalue weighted by Gasteiger charge is 2.33. The van der Waals surface area contributed by atoms with E-state index >= 15 is 0 Å². The maximum absolute atomic E-state index is 12.2. The van der Waals surface area contributed by atoms with Gasteiger partial charge in [-0.3, -0.25) is 4.79 Å². The predicted molar refractivity (Wildman–Crippen MR) is 76.6 cm³/mol. The second kappa shape index (κ2) is 5.27. The number of carbonyl (C=O) groups excluding carboxylic acids is 1. The Morgan fingerprint density at radius 2 is 1.47 bits per heavy atom. The van der Waals surface area contributed by atoms with Crippen molar-refractivity contribution < 1.29 is 9.53 Å². The van der Waals surface area contributed by atoms with Gasteiger partial charge in [0, 0.05) is 0 Å². The highest BCUT2D eigenvalue weighted by molar-refractivity contribution is 5.91. The van der Waals surface area contributed by atoms with E-state index in [0.717, 1.165) is 16.9 Å². The molecule has 2 aromatic rings. The second-order valence-electron chi connectivity index (χ2n) is 4.78. The Labute approximate surface area is 114 Å². The van der Waals surface area contributed by atoms with Gasteiger partial charge in [0.2, 0.25) is 0 Å². The zero-order valence-electron chi connectivity index (χ0n) is 11.5. The summed E-state index contributed by atoms with van der Waals surface area (Å²) in [5.74, 6) is 0.923. The molecule has 2 aromatic carbocycles. The van der Waals surface area contributed by atoms with E-state index in [2.05, 4.69) is 0 Å². The van der Waals surface area contributed by atoms with Gasteiger partial charge < -0.3 is 4.74 Å². The molecular weight excluding hydrogens is 236 g/mol. The van der Waals surface area contributed by atoms with Gasteiger partial charge in [-0.15, -0.1) is 0 Å². The van der Waals surface area contributed by atoms with Gasteiger partial charge in [0.05, 0.1) is 12.5 Å². The second-order valence-corrected chi connectivity index (χ2v) is 4.78. The summed E-state index contributed by atoms with van der Waals surface area (Å²) < 4.78 is 5.16. The molecule has 1 atom stereocenters. The van der Waals surface area contributed by atoms with Crippen LogP contribution in [0.5, 0.6) is 5.75 Å². The number of Topliss-reactive ketones (excluding diaryl/α,β-unsaturated/α-hetero) is 1. The van der Waals surface area contributed by atoms with E-state index in [1.165, 1.54) is 0 Å². The molecule has 0 aliphatic rings. The van der Waals surface area contributed by atoms with Crippen LogP contribution in [-0.2, 0) is 10.2 Å². The van der Waals surface area contributed by atoms with Crippen LogP contribution in [0, 0.1) is 0 Å². The lowest BCUT2D eigenvalue weighted by atomic mass is 9.73. The van der Waals surface area contributed by atoms with Crippen LogP contribution in [0.3, 0.4) is 0 Å². The molecule has 0 bridgehead atoms. The molecule has 1 unspecified atom stereocenters. The van der Waals surface area contributed by atoms with E-state index in [-0.39, 0.29) is 5.78 Å². The Bertz CT molecular complexity index is 558. The lowest BCUT2D eigenvalue weighted by Crippen LogP contribution is -2.31. The van der Waals surface area contributed by atoms with Crippen LogP contribution >= 0.6 is 0 Å². The molecule has 2 rings (SSSR count). The van der Waals surface area contributed by atoms with Crippen molar-refractivity contribution in [1.29, 1.82) is 0 Å². The van der Waals surface area contributed by atoms with E-state index < -0.39 is 5.41 Å². The zero-order chi connectivity index (χ0) is 13.9. The van der Waals surface area contributed by atoms with Gasteiger partial charge in [-0.25, -0.2) is 0 Å². The monoisotopic (exact) mass is 254 g/mol. The third-order valence-electron chi connectivity index (χ3n) is 3.72. The highest BCUT2D eigenvalue weighted by atomic mass is 16.5. The van der Waals surface area contributed by atoms with Crippen molar-refractivity contribution in [2.45, 2.75) is 19.3 Å². The molecule has 19 heavy (non-hydrogen) atoms. The molecule has 0 saturated heterocycles. The topological polar surface area (TPSA) is 26.3 Å². The number of ether oxygens (including phenoxy) is 1. The zero-order valence-corrected chi connectivity index (χ0v) is 11.5. The van der Waals surface area contributed by atoms with Crippen molar-refractivity contribution in [2.75, 3.05) is 7.11 Å². The first-order chi connectivity index (χ1) is 9.09. The van der Waals surface area contributed by atoms with E-state index in [4.69, 9.17) is 4.74 Å². The first-order valence-electron chi connectivity index (χ1n) is 6.30. The molecule has 0 N–H and O–H groups in total. The third-order valence-corrected chi connectivity index (χ3v) is 3.72. The smallest absolute Gasteiger partial charge is 0.144 e. The number of carbonyl (C=O) groups is 1. The Balaban J connectivity index is 2.53. The summed E-state index contributed by atoms with van der Waals surface area (Å²) in [5, 5.41) is 0. The van der Waals surface area contributed by atoms with E-state index in [0.29, 0.717) is 0 Å². The Hall–Kier alpha value is -2.09. The molecule has 0 aromatic heterocycles. The molecule has 2 nitrogen and oxygen atoms in total. The molecule has 0 amide bonds. The Kier molecular flexibility index (Phi) is 3.70. The van der Waals surface area contributed by atoms with Crippen LogP contribution in [0.15, 0.2) is 54.6 Å². The molecule has 98 valence electrons. The van der Waals surface area contributed by atoms with Crippen molar-refractivity contribution in [3.63, 3.8) is 0 Å². The summed E-state index contributed by atoms with van der Waals surface area (Å²) in [7, 11) is 1.64. The van der Waals surface area contributed by atoms with Gasteiger partial charge in [-0.2, -0.15) is 0 Å². The molecular formula is C17H18O2. The quantitative estimate of drug-likeness (QED) is 0.833. The summed E-state index contributed by atoms with van der Waals surface area (Å²) in [6.07, 6.45) is 0. The molecule has 0 saturated carbocycles. The fraction of sp³-hybridized carbons (Fsp3) is 0.235. The van der Waals surface area contributed by atoms with Crippen LogP contribution in [0.1, 0.15) is 25.0 Å². The van der Waals surface area contributed by atoms with Gasteiger partial charge in [-0.1, -0.05) is 42.5 Å². The number of benzene rings is 2. The van der Waals surface area contributed by atoms with Crippen LogP contribution in [0.2, 0.25) is 0 Å². The van der Waals surface area contributed by atoms with Crippen molar-refractivity contribution >= 4 is 5.78 Å². The highest BCUT2D eigenvalue weighted by Crippen LogP contribution is 2.33. The van der Waals surface area contributed by atoms with Crippen molar-refractivity contribution in [1.82, 2.24) is 0 Å². The van der Waals surface area contributed by atoms with Crippen LogP contribution < -0.4 is 4.74 Å². The summed E-state index contributed by atoms with van der Waals surface area (Å²) in [6, 6.07) is 17.5. The Morgan fingerprint density at radius 3 is 1.95 bits per heavy atom. The van der Waals surface area contributed by atoms with Gasteiger partial charge in [0.25, 0.3) is 0 Å². The Morgan fingerprint density at radius 1 is 0.947 bits per heavy atom. The molecule has 0 radical (unpaired) electrons. The molecule has 2 heteroatoms. The first-order valence-corrected chi connectivity index (χ1v) is 6.30. The minimum atomic E-state index is -0.618. The third kappa shape index (κ3) is 2.39. The van der Waals surface area contributed by atoms with E-state index in [1.54, 1.807) is 14.0 Å². The van der Waals surface area contributed by atoms with Crippen LogP contribution in [0.4, 0.5) is 0 Å². The molecule has 0 spiro atoms. The van der Waals surface area contributed by atoms with E-state index in [9.17, 15) is 4.79 Å². The summed E-state index contributed by atoms with van der Waals surface area (Å²) in [4.78, 5) is 12.2. The maximum atomic E-state index is 12.2. The number of ketones is 1. The molecule has 0 aliphatic carbocycles. The van der Waals surface area contributed by atoms with Gasteiger partial charge >= 0.3 is 0 Å². The molecule has 0 heterocycles. The van der Waals surface area contributed by atoms with Gasteiger partial charge in [0.1, 0.15) is 11.5 Å². The fourth-order valence-corrected chi connectivity index (χ4v) is 2.27. The van der Waals surface area contributed by atoms with Gasteiger partial charge in [-0.05, 0) is 37.1 Å². The predicted octanol–water partition coefficient (Wildman–Crippen LogP) is 3.59. The van der Waals surface area contributed by atoms with Gasteiger partial charge in [0.15, 0.2) is 0 Å².